The van der Waals surface area contributed by atoms with Crippen LogP contribution in [0.3, 0.4) is 0 Å². The van der Waals surface area contributed by atoms with E-state index in [1.807, 2.05) is 0 Å². The fraction of sp³-hybridized carbons (Fsp3) is 0.158. The largest absolute Gasteiger partial charge is 0.481 e. The number of hydrogen-bond acceptors (Lipinski definition) is 6. The van der Waals surface area contributed by atoms with Crippen molar-refractivity contribution in [2.24, 2.45) is 0 Å². The van der Waals surface area contributed by atoms with Crippen LogP contribution in [0, 0.1) is 5.82 Å². The number of aryl methyl sites for hydroxylation is 1. The van der Waals surface area contributed by atoms with Crippen LogP contribution in [-0.2, 0) is 27.4 Å². The van der Waals surface area contributed by atoms with E-state index in [1.54, 1.807) is 0 Å². The minimum Gasteiger partial charge on any atom is -0.481 e. The number of carboxylic acid groups (broad SMARTS) is 1. The Morgan fingerprint density at radius 3 is 2.59 bits per heavy atom. The molecule has 3 aromatic heterocycles. The van der Waals surface area contributed by atoms with E-state index in [1.165, 1.54) is 24.4 Å². The summed E-state index contributed by atoms with van der Waals surface area (Å²) in [5, 5.41) is 12.5. The SMILES string of the molecule is O=C(O)CCc1cn(S(=O)(=O)c2ccc(-c3cc(C(F)(F)F)on3)s2)c2ccc(F)cc12. The van der Waals surface area contributed by atoms with Gasteiger partial charge in [0.15, 0.2) is 0 Å². The summed E-state index contributed by atoms with van der Waals surface area (Å²) in [6, 6.07) is 6.62. The van der Waals surface area contributed by atoms with E-state index >= 15 is 0 Å². The molecule has 3 heterocycles. The fourth-order valence-electron chi connectivity index (χ4n) is 3.10. The van der Waals surface area contributed by atoms with Gasteiger partial charge < -0.3 is 9.63 Å². The second-order valence-corrected chi connectivity index (χ2v) is 9.83. The standard InChI is InChI=1S/C19H12F4N2O5S2/c20-11-2-3-14-12(7-11)10(1-5-17(26)27)9-25(14)32(28,29)18-6-4-15(31-18)13-8-16(30-24-13)19(21,22)23/h2-4,6-9H,1,5H2,(H,26,27). The molecule has 0 atom stereocenters. The molecule has 0 radical (unpaired) electrons. The Morgan fingerprint density at radius 2 is 1.94 bits per heavy atom. The Kier molecular flexibility index (Phi) is 5.33. The first kappa shape index (κ1) is 22.0. The molecule has 4 aromatic rings. The molecule has 168 valence electrons. The van der Waals surface area contributed by atoms with Crippen molar-refractivity contribution in [2.45, 2.75) is 23.2 Å². The number of carboxylic acids is 1. The number of benzene rings is 1. The van der Waals surface area contributed by atoms with Gasteiger partial charge in [-0.1, -0.05) is 5.16 Å². The van der Waals surface area contributed by atoms with E-state index < -0.39 is 33.7 Å². The molecule has 0 saturated heterocycles. The van der Waals surface area contributed by atoms with Crippen molar-refractivity contribution in [1.29, 1.82) is 0 Å². The molecule has 0 aliphatic carbocycles. The Bertz CT molecular complexity index is 1430. The molecule has 0 aliphatic heterocycles. The monoisotopic (exact) mass is 488 g/mol. The van der Waals surface area contributed by atoms with Crippen LogP contribution in [0.1, 0.15) is 17.7 Å². The smallest absolute Gasteiger partial charge is 0.452 e. The van der Waals surface area contributed by atoms with Gasteiger partial charge in [0, 0.05) is 24.1 Å². The van der Waals surface area contributed by atoms with Crippen LogP contribution in [-0.4, -0.2) is 28.6 Å². The lowest BCUT2D eigenvalue weighted by Gasteiger charge is -2.05. The first-order valence-electron chi connectivity index (χ1n) is 8.88. The van der Waals surface area contributed by atoms with Crippen LogP contribution in [0.2, 0.25) is 0 Å². The lowest BCUT2D eigenvalue weighted by molar-refractivity contribution is -0.155. The van der Waals surface area contributed by atoms with Crippen LogP contribution in [0.4, 0.5) is 17.6 Å². The zero-order valence-corrected chi connectivity index (χ0v) is 17.4. The van der Waals surface area contributed by atoms with Crippen LogP contribution < -0.4 is 0 Å². The molecule has 1 aromatic carbocycles. The van der Waals surface area contributed by atoms with Crippen molar-refractivity contribution in [3.05, 3.63) is 59.7 Å². The van der Waals surface area contributed by atoms with Gasteiger partial charge in [0.25, 0.3) is 10.0 Å². The third kappa shape index (κ3) is 4.00. The molecule has 0 amide bonds. The average Bonchev–Trinajstić information content (AvgIpc) is 3.43. The van der Waals surface area contributed by atoms with Gasteiger partial charge in [-0.05, 0) is 42.3 Å². The zero-order chi connectivity index (χ0) is 23.3. The number of aliphatic carboxylic acids is 1. The number of rotatable bonds is 6. The lowest BCUT2D eigenvalue weighted by atomic mass is 10.1. The van der Waals surface area contributed by atoms with Crippen molar-refractivity contribution in [1.82, 2.24) is 9.13 Å². The summed E-state index contributed by atoms with van der Waals surface area (Å²) in [6.07, 6.45) is -3.82. The Labute approximate surface area is 181 Å². The molecule has 32 heavy (non-hydrogen) atoms. The molecule has 13 heteroatoms. The lowest BCUT2D eigenvalue weighted by Crippen LogP contribution is -2.10. The van der Waals surface area contributed by atoms with Gasteiger partial charge in [-0.25, -0.2) is 8.36 Å². The Morgan fingerprint density at radius 1 is 1.19 bits per heavy atom. The van der Waals surface area contributed by atoms with Crippen molar-refractivity contribution < 1.29 is 40.4 Å². The molecule has 0 spiro atoms. The van der Waals surface area contributed by atoms with Crippen LogP contribution in [0.15, 0.2) is 51.3 Å². The third-order valence-electron chi connectivity index (χ3n) is 4.56. The van der Waals surface area contributed by atoms with Gasteiger partial charge in [-0.2, -0.15) is 21.6 Å². The molecule has 0 unspecified atom stereocenters. The average molecular weight is 488 g/mol. The number of fused-ring (bicyclic) bond motifs is 1. The maximum atomic E-state index is 13.8. The van der Waals surface area contributed by atoms with Crippen molar-refractivity contribution in [3.8, 4) is 10.6 Å². The van der Waals surface area contributed by atoms with E-state index in [2.05, 4.69) is 9.68 Å². The van der Waals surface area contributed by atoms with Crippen LogP contribution in [0.25, 0.3) is 21.5 Å². The molecular weight excluding hydrogens is 476 g/mol. The summed E-state index contributed by atoms with van der Waals surface area (Å²) in [5.41, 5.74) is 0.293. The minimum absolute atomic E-state index is 0.0212. The van der Waals surface area contributed by atoms with Gasteiger partial charge in [-0.3, -0.25) is 4.79 Å². The summed E-state index contributed by atoms with van der Waals surface area (Å²) in [7, 11) is -4.22. The summed E-state index contributed by atoms with van der Waals surface area (Å²) in [5.74, 6) is -3.03. The van der Waals surface area contributed by atoms with E-state index in [0.717, 1.165) is 16.1 Å². The van der Waals surface area contributed by atoms with Gasteiger partial charge in [0.1, 0.15) is 15.7 Å². The predicted octanol–water partition coefficient (Wildman–Crippen LogP) is 4.77. The predicted molar refractivity (Wildman–Crippen MR) is 105 cm³/mol. The number of alkyl halides is 3. The number of carbonyl (C=O) groups is 1. The Hall–Kier alpha value is -3.19. The summed E-state index contributed by atoms with van der Waals surface area (Å²) in [4.78, 5) is 11.1. The number of thiophene rings is 1. The van der Waals surface area contributed by atoms with E-state index in [-0.39, 0.29) is 38.5 Å². The fourth-order valence-corrected chi connectivity index (χ4v) is 5.84. The third-order valence-corrected chi connectivity index (χ3v) is 7.81. The second-order valence-electron chi connectivity index (χ2n) is 6.70. The highest BCUT2D eigenvalue weighted by Gasteiger charge is 2.36. The maximum Gasteiger partial charge on any atom is 0.452 e. The maximum absolute atomic E-state index is 13.8. The first-order valence-corrected chi connectivity index (χ1v) is 11.1. The number of hydrogen-bond donors (Lipinski definition) is 1. The topological polar surface area (TPSA) is 102 Å². The van der Waals surface area contributed by atoms with Gasteiger partial charge in [0.2, 0.25) is 5.76 Å². The molecule has 0 fully saturated rings. The van der Waals surface area contributed by atoms with Crippen LogP contribution >= 0.6 is 11.3 Å². The molecular formula is C19H12F4N2O5S2. The van der Waals surface area contributed by atoms with Gasteiger partial charge in [0.05, 0.1) is 10.4 Å². The quantitative estimate of drug-likeness (QED) is 0.392. The molecule has 0 saturated carbocycles. The highest BCUT2D eigenvalue weighted by molar-refractivity contribution is 7.92. The van der Waals surface area contributed by atoms with Crippen molar-refractivity contribution >= 4 is 38.2 Å². The highest BCUT2D eigenvalue weighted by Crippen LogP contribution is 2.37. The van der Waals surface area contributed by atoms with Crippen LogP contribution in [0.5, 0.6) is 0 Å². The number of aromatic nitrogens is 2. The molecule has 0 aliphatic rings. The van der Waals surface area contributed by atoms with Crippen molar-refractivity contribution in [3.63, 3.8) is 0 Å². The minimum atomic E-state index is -4.73. The first-order chi connectivity index (χ1) is 15.0. The Balaban J connectivity index is 1.76. The summed E-state index contributed by atoms with van der Waals surface area (Å²) < 4.78 is 83.4. The van der Waals surface area contributed by atoms with E-state index in [0.29, 0.717) is 23.0 Å². The van der Waals surface area contributed by atoms with Crippen molar-refractivity contribution in [2.75, 3.05) is 0 Å². The summed E-state index contributed by atoms with van der Waals surface area (Å²) in [6.45, 7) is 0. The number of nitrogens with zero attached hydrogens (tertiary/aromatic N) is 2. The molecule has 4 rings (SSSR count). The summed E-state index contributed by atoms with van der Waals surface area (Å²) >= 11 is 0.684. The number of halogens is 4. The van der Waals surface area contributed by atoms with Gasteiger partial charge in [-0.15, -0.1) is 11.3 Å². The highest BCUT2D eigenvalue weighted by atomic mass is 32.2. The van der Waals surface area contributed by atoms with Gasteiger partial charge >= 0.3 is 12.1 Å². The normalized spacial score (nSPS) is 12.5. The zero-order valence-electron chi connectivity index (χ0n) is 15.8. The molecule has 7 nitrogen and oxygen atoms in total. The molecule has 0 bridgehead atoms. The molecule has 1 N–H and O–H groups in total. The second kappa shape index (κ2) is 7.74. The van der Waals surface area contributed by atoms with E-state index in [9.17, 15) is 30.8 Å². The van der Waals surface area contributed by atoms with E-state index in [4.69, 9.17) is 5.11 Å².